The number of aromatic nitrogens is 1. The first kappa shape index (κ1) is 22.1. The maximum absolute atomic E-state index is 12.4. The average Bonchev–Trinajstić information content (AvgIpc) is 2.81. The number of piperidine rings is 1. The van der Waals surface area contributed by atoms with E-state index >= 15 is 0 Å². The minimum atomic E-state index is -0.476. The van der Waals surface area contributed by atoms with Crippen molar-refractivity contribution >= 4 is 18.7 Å². The van der Waals surface area contributed by atoms with Crippen molar-refractivity contribution in [3.8, 4) is 0 Å². The summed E-state index contributed by atoms with van der Waals surface area (Å²) in [6.07, 6.45) is 2.46. The van der Waals surface area contributed by atoms with Crippen LogP contribution in [0, 0.1) is 5.92 Å². The average molecular weight is 402 g/mol. The lowest BCUT2D eigenvalue weighted by atomic mass is 9.77. The maximum Gasteiger partial charge on any atom is 0.494 e. The second kappa shape index (κ2) is 7.58. The largest absolute Gasteiger partial charge is 0.494 e. The molecule has 0 bridgehead atoms. The van der Waals surface area contributed by atoms with Gasteiger partial charge in [-0.3, -0.25) is 4.98 Å². The van der Waals surface area contributed by atoms with Crippen LogP contribution in [0.3, 0.4) is 0 Å². The molecule has 0 radical (unpaired) electrons. The van der Waals surface area contributed by atoms with Crippen LogP contribution in [0.25, 0.3) is 0 Å². The number of likely N-dealkylation sites (tertiary alicyclic amines) is 1. The number of carbonyl (C=O) groups excluding carboxylic acids is 1. The molecule has 7 heteroatoms. The van der Waals surface area contributed by atoms with E-state index in [1.165, 1.54) is 0 Å². The van der Waals surface area contributed by atoms with Crippen molar-refractivity contribution in [2.75, 3.05) is 13.1 Å². The van der Waals surface area contributed by atoms with Gasteiger partial charge in [-0.2, -0.15) is 0 Å². The first-order chi connectivity index (χ1) is 13.3. The summed E-state index contributed by atoms with van der Waals surface area (Å²) in [5.74, 6) is 0.577. The molecule has 2 saturated heterocycles. The number of rotatable bonds is 2. The molecule has 2 atom stereocenters. The van der Waals surface area contributed by atoms with Crippen LogP contribution < -0.4 is 5.46 Å². The summed E-state index contributed by atoms with van der Waals surface area (Å²) < 4.78 is 17.9. The van der Waals surface area contributed by atoms with Crippen LogP contribution in [0.15, 0.2) is 18.3 Å². The number of nitrogens with zero attached hydrogens (tertiary/aromatic N) is 2. The highest BCUT2D eigenvalue weighted by Crippen LogP contribution is 2.37. The fourth-order valence-corrected chi connectivity index (χ4v) is 3.87. The van der Waals surface area contributed by atoms with Crippen LogP contribution in [0.5, 0.6) is 0 Å². The van der Waals surface area contributed by atoms with E-state index in [0.29, 0.717) is 13.1 Å². The standard InChI is InChI=1S/C22H35BN2O4/c1-15-14-25(19(26)27-20(2,3)4)12-10-17(15)18-13-16(9-11-24-18)23-28-21(5,6)22(7,8)29-23/h9,11,13,15,17H,10,12,14H2,1-8H3. The lowest BCUT2D eigenvalue weighted by molar-refractivity contribution is 0.00578. The number of amides is 1. The van der Waals surface area contributed by atoms with Gasteiger partial charge in [-0.15, -0.1) is 0 Å². The SMILES string of the molecule is CC1CN(C(=O)OC(C)(C)C)CCC1c1cc(B2OC(C)(C)C(C)(C)O2)ccn1. The van der Waals surface area contributed by atoms with Crippen molar-refractivity contribution in [2.45, 2.75) is 84.5 Å². The van der Waals surface area contributed by atoms with Crippen LogP contribution in [0.4, 0.5) is 4.79 Å². The first-order valence-corrected chi connectivity index (χ1v) is 10.6. The monoisotopic (exact) mass is 402 g/mol. The molecule has 0 saturated carbocycles. The molecule has 2 aliphatic heterocycles. The fraction of sp³-hybridized carbons (Fsp3) is 0.727. The van der Waals surface area contributed by atoms with Gasteiger partial charge in [-0.1, -0.05) is 6.92 Å². The molecule has 29 heavy (non-hydrogen) atoms. The summed E-state index contributed by atoms with van der Waals surface area (Å²) in [7, 11) is -0.390. The minimum Gasteiger partial charge on any atom is -0.444 e. The van der Waals surface area contributed by atoms with Gasteiger partial charge >= 0.3 is 13.2 Å². The van der Waals surface area contributed by atoms with E-state index in [0.717, 1.165) is 17.6 Å². The third-order valence-electron chi connectivity index (χ3n) is 6.27. The van der Waals surface area contributed by atoms with Crippen LogP contribution in [-0.2, 0) is 14.0 Å². The maximum atomic E-state index is 12.4. The lowest BCUT2D eigenvalue weighted by Crippen LogP contribution is -2.45. The van der Waals surface area contributed by atoms with Crippen molar-refractivity contribution in [3.05, 3.63) is 24.0 Å². The molecule has 0 spiro atoms. The normalized spacial score (nSPS) is 26.5. The zero-order chi connectivity index (χ0) is 21.6. The van der Waals surface area contributed by atoms with E-state index in [4.69, 9.17) is 14.0 Å². The van der Waals surface area contributed by atoms with Gasteiger partial charge in [-0.05, 0) is 78.4 Å². The number of ether oxygens (including phenoxy) is 1. The van der Waals surface area contributed by atoms with E-state index < -0.39 is 5.60 Å². The summed E-state index contributed by atoms with van der Waals surface area (Å²) in [6, 6.07) is 4.07. The second-order valence-corrected chi connectivity index (χ2v) is 10.4. The molecule has 1 aromatic heterocycles. The van der Waals surface area contributed by atoms with Gasteiger partial charge in [0.15, 0.2) is 0 Å². The van der Waals surface area contributed by atoms with Crippen LogP contribution in [-0.4, -0.2) is 53.0 Å². The Kier molecular flexibility index (Phi) is 5.78. The van der Waals surface area contributed by atoms with Crippen molar-refractivity contribution in [3.63, 3.8) is 0 Å². The predicted octanol–water partition coefficient (Wildman–Crippen LogP) is 3.74. The van der Waals surface area contributed by atoms with Crippen LogP contribution >= 0.6 is 0 Å². The van der Waals surface area contributed by atoms with Gasteiger partial charge in [0, 0.05) is 30.9 Å². The van der Waals surface area contributed by atoms with E-state index in [-0.39, 0.29) is 36.2 Å². The first-order valence-electron chi connectivity index (χ1n) is 10.6. The third-order valence-corrected chi connectivity index (χ3v) is 6.27. The third kappa shape index (κ3) is 4.77. The fourth-order valence-electron chi connectivity index (χ4n) is 3.87. The number of carbonyl (C=O) groups is 1. The quantitative estimate of drug-likeness (QED) is 0.706. The van der Waals surface area contributed by atoms with Crippen molar-refractivity contribution in [1.82, 2.24) is 9.88 Å². The predicted molar refractivity (Wildman–Crippen MR) is 114 cm³/mol. The van der Waals surface area contributed by atoms with Crippen molar-refractivity contribution in [1.29, 1.82) is 0 Å². The Labute approximate surface area is 175 Å². The second-order valence-electron chi connectivity index (χ2n) is 10.4. The topological polar surface area (TPSA) is 60.9 Å². The highest BCUT2D eigenvalue weighted by atomic mass is 16.7. The Morgan fingerprint density at radius 3 is 2.41 bits per heavy atom. The minimum absolute atomic E-state index is 0.235. The molecule has 3 heterocycles. The molecule has 2 aliphatic rings. The zero-order valence-electron chi connectivity index (χ0n) is 19.1. The number of pyridine rings is 1. The van der Waals surface area contributed by atoms with Crippen molar-refractivity contribution < 1.29 is 18.8 Å². The molecule has 6 nitrogen and oxygen atoms in total. The molecule has 0 N–H and O–H groups in total. The van der Waals surface area contributed by atoms with Crippen LogP contribution in [0.2, 0.25) is 0 Å². The Morgan fingerprint density at radius 1 is 1.24 bits per heavy atom. The molecule has 2 fully saturated rings. The molecule has 0 aromatic carbocycles. The Morgan fingerprint density at radius 2 is 1.86 bits per heavy atom. The lowest BCUT2D eigenvalue weighted by Gasteiger charge is -2.37. The van der Waals surface area contributed by atoms with Gasteiger partial charge in [0.05, 0.1) is 11.2 Å². The zero-order valence-corrected chi connectivity index (χ0v) is 19.1. The van der Waals surface area contributed by atoms with E-state index in [9.17, 15) is 4.79 Å². The summed E-state index contributed by atoms with van der Waals surface area (Å²) in [6.45, 7) is 17.4. The molecule has 160 valence electrons. The Hall–Kier alpha value is -1.60. The van der Waals surface area contributed by atoms with Gasteiger partial charge < -0.3 is 18.9 Å². The Bertz CT molecular complexity index is 743. The molecule has 3 rings (SSSR count). The highest BCUT2D eigenvalue weighted by Gasteiger charge is 2.51. The molecular formula is C22H35BN2O4. The van der Waals surface area contributed by atoms with Crippen molar-refractivity contribution in [2.24, 2.45) is 5.92 Å². The summed E-state index contributed by atoms with van der Waals surface area (Å²) in [5, 5.41) is 0. The molecule has 2 unspecified atom stereocenters. The summed E-state index contributed by atoms with van der Waals surface area (Å²) >= 11 is 0. The smallest absolute Gasteiger partial charge is 0.444 e. The number of hydrogen-bond donors (Lipinski definition) is 0. The van der Waals surface area contributed by atoms with Gasteiger partial charge in [0.2, 0.25) is 0 Å². The van der Waals surface area contributed by atoms with E-state index in [2.05, 4.69) is 45.7 Å². The molecular weight excluding hydrogens is 367 g/mol. The van der Waals surface area contributed by atoms with Crippen LogP contribution in [0.1, 0.15) is 73.4 Å². The summed E-state index contributed by atoms with van der Waals surface area (Å²) in [4.78, 5) is 18.9. The van der Waals surface area contributed by atoms with E-state index in [1.807, 2.05) is 37.9 Å². The Balaban J connectivity index is 1.70. The molecule has 1 aromatic rings. The van der Waals surface area contributed by atoms with Gasteiger partial charge in [0.25, 0.3) is 0 Å². The molecule has 1 amide bonds. The van der Waals surface area contributed by atoms with E-state index in [1.54, 1.807) is 0 Å². The highest BCUT2D eigenvalue weighted by molar-refractivity contribution is 6.62. The molecule has 0 aliphatic carbocycles. The summed E-state index contributed by atoms with van der Waals surface area (Å²) in [5.41, 5.74) is 0.819. The van der Waals surface area contributed by atoms with Gasteiger partial charge in [-0.25, -0.2) is 4.79 Å². The van der Waals surface area contributed by atoms with Gasteiger partial charge in [0.1, 0.15) is 5.60 Å². The number of hydrogen-bond acceptors (Lipinski definition) is 5.